The summed E-state index contributed by atoms with van der Waals surface area (Å²) in [6.07, 6.45) is 4.27. The van der Waals surface area contributed by atoms with Gasteiger partial charge in [0.15, 0.2) is 0 Å². The maximum atomic E-state index is 12.1. The Morgan fingerprint density at radius 1 is 1.17 bits per heavy atom. The van der Waals surface area contributed by atoms with Gasteiger partial charge in [-0.3, -0.25) is 24.6 Å². The van der Waals surface area contributed by atoms with Crippen LogP contribution in [0, 0.1) is 0 Å². The molecule has 2 rings (SSSR count). The Kier molecular flexibility index (Phi) is 3.52. The lowest BCUT2D eigenvalue weighted by Crippen LogP contribution is -2.67. The van der Waals surface area contributed by atoms with E-state index in [0.29, 0.717) is 6.42 Å². The number of carbonyl (C=O) groups is 3. The van der Waals surface area contributed by atoms with Crippen LogP contribution in [0.3, 0.4) is 0 Å². The highest BCUT2D eigenvalue weighted by molar-refractivity contribution is 6.03. The van der Waals surface area contributed by atoms with Gasteiger partial charge in [-0.25, -0.2) is 0 Å². The van der Waals surface area contributed by atoms with Gasteiger partial charge in [-0.2, -0.15) is 0 Å². The van der Waals surface area contributed by atoms with E-state index < -0.39 is 5.54 Å². The van der Waals surface area contributed by atoms with Gasteiger partial charge in [-0.1, -0.05) is 12.8 Å². The normalized spacial score (nSPS) is 29.9. The highest BCUT2D eigenvalue weighted by atomic mass is 16.2. The number of hydrogen-bond donors (Lipinski definition) is 1. The number of imide groups is 1. The second kappa shape index (κ2) is 4.80. The molecule has 1 unspecified atom stereocenters. The maximum absolute atomic E-state index is 12.1. The van der Waals surface area contributed by atoms with E-state index in [1.54, 1.807) is 18.7 Å². The molecule has 0 aromatic rings. The lowest BCUT2D eigenvalue weighted by Gasteiger charge is -2.44. The number of rotatable bonds is 1. The Labute approximate surface area is 107 Å². The standard InChI is InChI=1S/C13H20N2O3/c1-13(2)12(18)14-11(17)8-15(13)9-6-4-3-5-7-10(9)16/h9H,3-8H2,1-2H3,(H,14,17,18). The molecule has 1 atom stereocenters. The van der Waals surface area contributed by atoms with E-state index in [9.17, 15) is 14.4 Å². The topological polar surface area (TPSA) is 66.5 Å². The molecule has 5 heteroatoms. The molecular weight excluding hydrogens is 232 g/mol. The highest BCUT2D eigenvalue weighted by Crippen LogP contribution is 2.27. The minimum Gasteiger partial charge on any atom is -0.298 e. The molecule has 2 amide bonds. The molecule has 0 radical (unpaired) electrons. The molecule has 2 aliphatic rings. The quantitative estimate of drug-likeness (QED) is 0.549. The lowest BCUT2D eigenvalue weighted by molar-refractivity contribution is -0.149. The van der Waals surface area contributed by atoms with E-state index in [2.05, 4.69) is 5.32 Å². The molecule has 1 aliphatic heterocycles. The number of Topliss-reactive ketones (excluding diaryl/α,β-unsaturated/α-hetero) is 1. The van der Waals surface area contributed by atoms with E-state index in [1.807, 2.05) is 0 Å². The lowest BCUT2D eigenvalue weighted by atomic mass is 9.93. The molecule has 1 heterocycles. The van der Waals surface area contributed by atoms with Crippen LogP contribution in [0.2, 0.25) is 0 Å². The summed E-state index contributed by atoms with van der Waals surface area (Å²) in [6, 6.07) is -0.280. The van der Waals surface area contributed by atoms with Crippen molar-refractivity contribution in [1.82, 2.24) is 10.2 Å². The number of nitrogens with zero attached hydrogens (tertiary/aromatic N) is 1. The zero-order valence-electron chi connectivity index (χ0n) is 11.0. The van der Waals surface area contributed by atoms with Gasteiger partial charge in [0.2, 0.25) is 11.8 Å². The minimum atomic E-state index is -0.793. The predicted octanol–water partition coefficient (Wildman–Crippen LogP) is 0.625. The first-order valence-corrected chi connectivity index (χ1v) is 6.56. The summed E-state index contributed by atoms with van der Waals surface area (Å²) in [5, 5.41) is 2.34. The monoisotopic (exact) mass is 252 g/mol. The van der Waals surface area contributed by atoms with Crippen molar-refractivity contribution in [2.75, 3.05) is 6.54 Å². The zero-order valence-corrected chi connectivity index (χ0v) is 11.0. The molecule has 100 valence electrons. The van der Waals surface area contributed by atoms with E-state index >= 15 is 0 Å². The van der Waals surface area contributed by atoms with E-state index in [0.717, 1.165) is 25.7 Å². The first kappa shape index (κ1) is 13.2. The van der Waals surface area contributed by atoms with Gasteiger partial charge < -0.3 is 0 Å². The van der Waals surface area contributed by atoms with Crippen molar-refractivity contribution in [1.29, 1.82) is 0 Å². The van der Waals surface area contributed by atoms with Crippen LogP contribution in [0.25, 0.3) is 0 Å². The number of amides is 2. The van der Waals surface area contributed by atoms with E-state index in [4.69, 9.17) is 0 Å². The Hall–Kier alpha value is -1.23. The highest BCUT2D eigenvalue weighted by Gasteiger charge is 2.45. The smallest absolute Gasteiger partial charge is 0.246 e. The van der Waals surface area contributed by atoms with Gasteiger partial charge in [-0.15, -0.1) is 0 Å². The van der Waals surface area contributed by atoms with Gasteiger partial charge >= 0.3 is 0 Å². The second-order valence-corrected chi connectivity index (χ2v) is 5.65. The van der Waals surface area contributed by atoms with Crippen LogP contribution in [-0.4, -0.2) is 40.6 Å². The fraction of sp³-hybridized carbons (Fsp3) is 0.769. The molecule has 0 bridgehead atoms. The molecule has 18 heavy (non-hydrogen) atoms. The Morgan fingerprint density at radius 2 is 1.89 bits per heavy atom. The van der Waals surface area contributed by atoms with Gasteiger partial charge in [-0.05, 0) is 26.7 Å². The molecule has 2 fully saturated rings. The van der Waals surface area contributed by atoms with Crippen LogP contribution in [0.1, 0.15) is 46.0 Å². The fourth-order valence-electron chi connectivity index (χ4n) is 2.77. The second-order valence-electron chi connectivity index (χ2n) is 5.65. The van der Waals surface area contributed by atoms with Crippen molar-refractivity contribution >= 4 is 17.6 Å². The molecule has 0 aromatic heterocycles. The summed E-state index contributed by atoms with van der Waals surface area (Å²) in [6.45, 7) is 3.68. The van der Waals surface area contributed by atoms with Gasteiger partial charge in [0.05, 0.1) is 18.1 Å². The summed E-state index contributed by atoms with van der Waals surface area (Å²) in [5.41, 5.74) is -0.793. The van der Waals surface area contributed by atoms with Crippen molar-refractivity contribution in [2.24, 2.45) is 0 Å². The number of hydrogen-bond acceptors (Lipinski definition) is 4. The van der Waals surface area contributed by atoms with Crippen molar-refractivity contribution < 1.29 is 14.4 Å². The molecule has 1 saturated heterocycles. The van der Waals surface area contributed by atoms with Crippen LogP contribution in [-0.2, 0) is 14.4 Å². The van der Waals surface area contributed by atoms with Crippen LogP contribution < -0.4 is 5.32 Å². The summed E-state index contributed by atoms with van der Waals surface area (Å²) in [4.78, 5) is 37.3. The van der Waals surface area contributed by atoms with Gasteiger partial charge in [0.25, 0.3) is 0 Å². The molecular formula is C13H20N2O3. The molecule has 0 spiro atoms. The average molecular weight is 252 g/mol. The predicted molar refractivity (Wildman–Crippen MR) is 65.8 cm³/mol. The first-order chi connectivity index (χ1) is 8.43. The Morgan fingerprint density at radius 3 is 2.61 bits per heavy atom. The number of piperazine rings is 1. The van der Waals surface area contributed by atoms with Crippen molar-refractivity contribution in [3.8, 4) is 0 Å². The Balaban J connectivity index is 2.25. The largest absolute Gasteiger partial charge is 0.298 e. The average Bonchev–Trinajstić information content (AvgIpc) is 2.49. The molecule has 0 aromatic carbocycles. The van der Waals surface area contributed by atoms with Crippen molar-refractivity contribution in [2.45, 2.75) is 57.5 Å². The van der Waals surface area contributed by atoms with Crippen molar-refractivity contribution in [3.63, 3.8) is 0 Å². The SMILES string of the molecule is CC1(C)C(=O)NC(=O)CN1C1CCCCCC1=O. The van der Waals surface area contributed by atoms with Crippen LogP contribution in [0.5, 0.6) is 0 Å². The maximum Gasteiger partial charge on any atom is 0.246 e. The number of carbonyl (C=O) groups excluding carboxylic acids is 3. The summed E-state index contributed by atoms with van der Waals surface area (Å²) < 4.78 is 0. The van der Waals surface area contributed by atoms with Crippen molar-refractivity contribution in [3.05, 3.63) is 0 Å². The van der Waals surface area contributed by atoms with Crippen LogP contribution in [0.15, 0.2) is 0 Å². The Bertz CT molecular complexity index is 390. The van der Waals surface area contributed by atoms with E-state index in [1.165, 1.54) is 0 Å². The first-order valence-electron chi connectivity index (χ1n) is 6.56. The number of nitrogens with one attached hydrogen (secondary N) is 1. The van der Waals surface area contributed by atoms with Gasteiger partial charge in [0.1, 0.15) is 5.78 Å². The third-order valence-electron chi connectivity index (χ3n) is 3.99. The third kappa shape index (κ3) is 2.32. The number of ketones is 1. The van der Waals surface area contributed by atoms with Gasteiger partial charge in [0, 0.05) is 6.42 Å². The summed E-state index contributed by atoms with van der Waals surface area (Å²) in [5.74, 6) is -0.449. The molecule has 1 N–H and O–H groups in total. The minimum absolute atomic E-state index is 0.134. The fourth-order valence-corrected chi connectivity index (χ4v) is 2.77. The molecule has 1 aliphatic carbocycles. The van der Waals surface area contributed by atoms with E-state index in [-0.39, 0.29) is 30.2 Å². The molecule has 1 saturated carbocycles. The van der Waals surface area contributed by atoms with Crippen LogP contribution >= 0.6 is 0 Å². The molecule has 5 nitrogen and oxygen atoms in total. The summed E-state index contributed by atoms with van der Waals surface area (Å²) >= 11 is 0. The third-order valence-corrected chi connectivity index (χ3v) is 3.99. The summed E-state index contributed by atoms with van der Waals surface area (Å²) in [7, 11) is 0. The van der Waals surface area contributed by atoms with Crippen LogP contribution in [0.4, 0.5) is 0 Å². The zero-order chi connectivity index (χ0) is 13.3.